The Morgan fingerprint density at radius 1 is 1.61 bits per heavy atom. The van der Waals surface area contributed by atoms with Crippen LogP contribution < -0.4 is 0 Å². The van der Waals surface area contributed by atoms with E-state index in [4.69, 9.17) is 0 Å². The fraction of sp³-hybridized carbons (Fsp3) is 0.571. The van der Waals surface area contributed by atoms with Gasteiger partial charge in [-0.1, -0.05) is 13.0 Å². The Morgan fingerprint density at radius 2 is 2.39 bits per heavy atom. The molecule has 1 aromatic heterocycles. The van der Waals surface area contributed by atoms with E-state index in [0.29, 0.717) is 6.54 Å². The number of rotatable bonds is 3. The van der Waals surface area contributed by atoms with Crippen LogP contribution >= 0.6 is 0 Å². The monoisotopic (exact) mass is 248 g/mol. The molecule has 0 aromatic carbocycles. The van der Waals surface area contributed by atoms with Gasteiger partial charge in [0, 0.05) is 12.7 Å². The first-order chi connectivity index (χ1) is 8.59. The zero-order valence-electron chi connectivity index (χ0n) is 11.0. The van der Waals surface area contributed by atoms with Gasteiger partial charge in [0.1, 0.15) is 6.04 Å². The van der Waals surface area contributed by atoms with Gasteiger partial charge in [0.05, 0.1) is 5.69 Å². The number of nitrogens with zero attached hydrogens (tertiary/aromatic N) is 2. The first-order valence-corrected chi connectivity index (χ1v) is 6.47. The zero-order chi connectivity index (χ0) is 13.1. The fourth-order valence-corrected chi connectivity index (χ4v) is 2.73. The van der Waals surface area contributed by atoms with Gasteiger partial charge < -0.3 is 5.11 Å². The largest absolute Gasteiger partial charge is 0.480 e. The third kappa shape index (κ3) is 2.70. The maximum Gasteiger partial charge on any atom is 0.321 e. The van der Waals surface area contributed by atoms with Gasteiger partial charge in [-0.2, -0.15) is 0 Å². The molecular weight excluding hydrogens is 228 g/mol. The van der Waals surface area contributed by atoms with Crippen molar-refractivity contribution in [3.63, 3.8) is 0 Å². The smallest absolute Gasteiger partial charge is 0.321 e. The Balaban J connectivity index is 2.16. The SMILES string of the molecule is Cc1cccnc1CN1CCCC(C)C1C(=O)O. The molecule has 0 radical (unpaired) electrons. The van der Waals surface area contributed by atoms with Crippen molar-refractivity contribution in [3.8, 4) is 0 Å². The molecule has 18 heavy (non-hydrogen) atoms. The van der Waals surface area contributed by atoms with E-state index in [1.165, 1.54) is 0 Å². The molecule has 1 aliphatic rings. The Labute approximate surface area is 108 Å². The first-order valence-electron chi connectivity index (χ1n) is 6.47. The van der Waals surface area contributed by atoms with Gasteiger partial charge in [-0.05, 0) is 43.9 Å². The summed E-state index contributed by atoms with van der Waals surface area (Å²) in [5, 5.41) is 9.36. The minimum Gasteiger partial charge on any atom is -0.480 e. The van der Waals surface area contributed by atoms with Crippen molar-refractivity contribution in [1.29, 1.82) is 0 Å². The Hall–Kier alpha value is -1.42. The Morgan fingerprint density at radius 3 is 3.06 bits per heavy atom. The number of carboxylic acids is 1. The molecule has 1 aliphatic heterocycles. The number of likely N-dealkylation sites (tertiary alicyclic amines) is 1. The molecule has 4 heteroatoms. The highest BCUT2D eigenvalue weighted by Gasteiger charge is 2.34. The normalized spacial score (nSPS) is 25.0. The number of aromatic nitrogens is 1. The van der Waals surface area contributed by atoms with Crippen LogP contribution in [0.25, 0.3) is 0 Å². The standard InChI is InChI=1S/C14H20N2O2/c1-10-5-3-7-15-12(10)9-16-8-4-6-11(2)13(16)14(17)18/h3,5,7,11,13H,4,6,8-9H2,1-2H3,(H,17,18). The lowest BCUT2D eigenvalue weighted by molar-refractivity contribution is -0.147. The van der Waals surface area contributed by atoms with Crippen molar-refractivity contribution < 1.29 is 9.90 Å². The highest BCUT2D eigenvalue weighted by atomic mass is 16.4. The predicted molar refractivity (Wildman–Crippen MR) is 69.2 cm³/mol. The maximum atomic E-state index is 11.4. The van der Waals surface area contributed by atoms with E-state index in [-0.39, 0.29) is 12.0 Å². The molecule has 0 spiro atoms. The van der Waals surface area contributed by atoms with E-state index >= 15 is 0 Å². The molecule has 2 unspecified atom stereocenters. The molecule has 98 valence electrons. The number of hydrogen-bond acceptors (Lipinski definition) is 3. The quantitative estimate of drug-likeness (QED) is 0.889. The molecule has 1 saturated heterocycles. The number of carboxylic acid groups (broad SMARTS) is 1. The lowest BCUT2D eigenvalue weighted by Gasteiger charge is -2.37. The van der Waals surface area contributed by atoms with Crippen molar-refractivity contribution in [2.24, 2.45) is 5.92 Å². The van der Waals surface area contributed by atoms with E-state index in [9.17, 15) is 9.90 Å². The molecule has 0 bridgehead atoms. The average Bonchev–Trinajstić information content (AvgIpc) is 2.31. The topological polar surface area (TPSA) is 53.4 Å². The van der Waals surface area contributed by atoms with Crippen LogP contribution in [0.4, 0.5) is 0 Å². The van der Waals surface area contributed by atoms with Crippen molar-refractivity contribution in [1.82, 2.24) is 9.88 Å². The number of carbonyl (C=O) groups is 1. The molecule has 1 N–H and O–H groups in total. The van der Waals surface area contributed by atoms with Crippen LogP contribution in [0.5, 0.6) is 0 Å². The van der Waals surface area contributed by atoms with Gasteiger partial charge in [0.15, 0.2) is 0 Å². The molecule has 0 saturated carbocycles. The van der Waals surface area contributed by atoms with Crippen LogP contribution in [0.1, 0.15) is 31.0 Å². The minimum absolute atomic E-state index is 0.209. The highest BCUT2D eigenvalue weighted by Crippen LogP contribution is 2.25. The van der Waals surface area contributed by atoms with Gasteiger partial charge in [0.25, 0.3) is 0 Å². The summed E-state index contributed by atoms with van der Waals surface area (Å²) >= 11 is 0. The van der Waals surface area contributed by atoms with Gasteiger partial charge in [-0.3, -0.25) is 14.7 Å². The van der Waals surface area contributed by atoms with Gasteiger partial charge in [-0.25, -0.2) is 0 Å². The van der Waals surface area contributed by atoms with E-state index in [0.717, 1.165) is 30.6 Å². The van der Waals surface area contributed by atoms with Crippen LogP contribution in [0, 0.1) is 12.8 Å². The molecule has 2 heterocycles. The fourth-order valence-electron chi connectivity index (χ4n) is 2.73. The average molecular weight is 248 g/mol. The number of aliphatic carboxylic acids is 1. The maximum absolute atomic E-state index is 11.4. The number of pyridine rings is 1. The minimum atomic E-state index is -0.712. The molecular formula is C14H20N2O2. The van der Waals surface area contributed by atoms with Crippen LogP contribution in [0.3, 0.4) is 0 Å². The summed E-state index contributed by atoms with van der Waals surface area (Å²) < 4.78 is 0. The lowest BCUT2D eigenvalue weighted by Crippen LogP contribution is -2.48. The second-order valence-electron chi connectivity index (χ2n) is 5.14. The molecule has 1 aromatic rings. The highest BCUT2D eigenvalue weighted by molar-refractivity contribution is 5.74. The van der Waals surface area contributed by atoms with Crippen molar-refractivity contribution in [2.75, 3.05) is 6.54 Å². The molecule has 1 fully saturated rings. The predicted octanol–water partition coefficient (Wildman–Crippen LogP) is 2.08. The van der Waals surface area contributed by atoms with E-state index in [2.05, 4.69) is 4.98 Å². The van der Waals surface area contributed by atoms with E-state index in [1.54, 1.807) is 6.20 Å². The molecule has 0 aliphatic carbocycles. The molecule has 2 atom stereocenters. The van der Waals surface area contributed by atoms with Crippen molar-refractivity contribution in [2.45, 2.75) is 39.3 Å². The Kier molecular flexibility index (Phi) is 3.97. The summed E-state index contributed by atoms with van der Waals surface area (Å²) in [6.07, 6.45) is 3.83. The summed E-state index contributed by atoms with van der Waals surface area (Å²) in [6.45, 7) is 5.52. The summed E-state index contributed by atoms with van der Waals surface area (Å²) in [5.74, 6) is -0.504. The lowest BCUT2D eigenvalue weighted by atomic mass is 9.90. The Bertz CT molecular complexity index is 434. The summed E-state index contributed by atoms with van der Waals surface area (Å²) in [6, 6.07) is 3.55. The third-order valence-electron chi connectivity index (χ3n) is 3.76. The van der Waals surface area contributed by atoms with Gasteiger partial charge >= 0.3 is 5.97 Å². The molecule has 4 nitrogen and oxygen atoms in total. The van der Waals surface area contributed by atoms with Crippen LogP contribution in [0.2, 0.25) is 0 Å². The zero-order valence-corrected chi connectivity index (χ0v) is 11.0. The summed E-state index contributed by atoms with van der Waals surface area (Å²) in [7, 11) is 0. The van der Waals surface area contributed by atoms with Gasteiger partial charge in [-0.15, -0.1) is 0 Å². The van der Waals surface area contributed by atoms with Gasteiger partial charge in [0.2, 0.25) is 0 Å². The van der Waals surface area contributed by atoms with E-state index < -0.39 is 5.97 Å². The van der Waals surface area contributed by atoms with Crippen LogP contribution in [0.15, 0.2) is 18.3 Å². The number of hydrogen-bond donors (Lipinski definition) is 1. The summed E-state index contributed by atoms with van der Waals surface area (Å²) in [4.78, 5) is 17.8. The van der Waals surface area contributed by atoms with Crippen LogP contribution in [-0.2, 0) is 11.3 Å². The summed E-state index contributed by atoms with van der Waals surface area (Å²) in [5.41, 5.74) is 2.11. The second-order valence-corrected chi connectivity index (χ2v) is 5.14. The van der Waals surface area contributed by atoms with E-state index in [1.807, 2.05) is 30.9 Å². The number of piperidine rings is 1. The second kappa shape index (κ2) is 5.48. The first kappa shape index (κ1) is 13.0. The molecule has 2 rings (SSSR count). The number of aryl methyl sites for hydroxylation is 1. The van der Waals surface area contributed by atoms with Crippen molar-refractivity contribution >= 4 is 5.97 Å². The molecule has 0 amide bonds. The van der Waals surface area contributed by atoms with Crippen molar-refractivity contribution in [3.05, 3.63) is 29.6 Å². The van der Waals surface area contributed by atoms with Crippen LogP contribution in [-0.4, -0.2) is 33.5 Å². The third-order valence-corrected chi connectivity index (χ3v) is 3.76.